The summed E-state index contributed by atoms with van der Waals surface area (Å²) < 4.78 is 14.9. The van der Waals surface area contributed by atoms with Gasteiger partial charge in [-0.1, -0.05) is 36.7 Å². The van der Waals surface area contributed by atoms with E-state index in [1.807, 2.05) is 13.0 Å². The smallest absolute Gasteiger partial charge is 0.129 e. The van der Waals surface area contributed by atoms with Crippen molar-refractivity contribution >= 4 is 27.5 Å². The predicted octanol–water partition coefficient (Wildman–Crippen LogP) is 5.56. The van der Waals surface area contributed by atoms with Crippen LogP contribution in [0.25, 0.3) is 0 Å². The third-order valence-electron chi connectivity index (χ3n) is 3.62. The second-order valence-electron chi connectivity index (χ2n) is 5.12. The first kappa shape index (κ1) is 16.5. The zero-order valence-corrected chi connectivity index (χ0v) is 14.6. The van der Waals surface area contributed by atoms with Crippen molar-refractivity contribution in [1.82, 2.24) is 5.32 Å². The maximum absolute atomic E-state index is 14.3. The quantitative estimate of drug-likeness (QED) is 0.695. The van der Waals surface area contributed by atoms with Crippen LogP contribution < -0.4 is 5.32 Å². The largest absolute Gasteiger partial charge is 0.306 e. The lowest BCUT2D eigenvalue weighted by Gasteiger charge is -2.21. The summed E-state index contributed by atoms with van der Waals surface area (Å²) >= 11 is 9.39. The van der Waals surface area contributed by atoms with Crippen LogP contribution in [-0.4, -0.2) is 6.54 Å². The van der Waals surface area contributed by atoms with Crippen LogP contribution in [0, 0.1) is 19.7 Å². The van der Waals surface area contributed by atoms with E-state index in [0.29, 0.717) is 15.1 Å². The number of hydrogen-bond donors (Lipinski definition) is 1. The number of benzene rings is 2. The molecule has 21 heavy (non-hydrogen) atoms. The summed E-state index contributed by atoms with van der Waals surface area (Å²) in [6.45, 7) is 6.88. The predicted molar refractivity (Wildman–Crippen MR) is 90.5 cm³/mol. The molecule has 2 aromatic rings. The number of rotatable bonds is 4. The summed E-state index contributed by atoms with van der Waals surface area (Å²) in [5.41, 5.74) is 4.02. The molecule has 0 aromatic heterocycles. The first-order valence-electron chi connectivity index (χ1n) is 6.89. The molecule has 1 atom stereocenters. The van der Waals surface area contributed by atoms with Crippen molar-refractivity contribution in [2.75, 3.05) is 6.54 Å². The van der Waals surface area contributed by atoms with Gasteiger partial charge in [0.15, 0.2) is 0 Å². The highest BCUT2D eigenvalue weighted by atomic mass is 79.9. The van der Waals surface area contributed by atoms with Crippen LogP contribution in [0.1, 0.15) is 35.2 Å². The van der Waals surface area contributed by atoms with Gasteiger partial charge >= 0.3 is 0 Å². The van der Waals surface area contributed by atoms with Gasteiger partial charge in [-0.25, -0.2) is 4.39 Å². The van der Waals surface area contributed by atoms with Crippen LogP contribution in [0.15, 0.2) is 34.8 Å². The van der Waals surface area contributed by atoms with Gasteiger partial charge in [-0.15, -0.1) is 0 Å². The summed E-state index contributed by atoms with van der Waals surface area (Å²) in [7, 11) is 0. The lowest BCUT2D eigenvalue weighted by molar-refractivity contribution is 0.558. The first-order chi connectivity index (χ1) is 9.93. The molecule has 0 amide bonds. The fourth-order valence-corrected chi connectivity index (χ4v) is 2.80. The number of halogens is 3. The van der Waals surface area contributed by atoms with Crippen molar-refractivity contribution in [3.63, 3.8) is 0 Å². The third-order valence-corrected chi connectivity index (χ3v) is 4.82. The van der Waals surface area contributed by atoms with Gasteiger partial charge in [-0.05, 0) is 65.1 Å². The van der Waals surface area contributed by atoms with Gasteiger partial charge in [0.1, 0.15) is 5.82 Å². The van der Waals surface area contributed by atoms with Crippen LogP contribution in [0.2, 0.25) is 5.02 Å². The molecule has 0 heterocycles. The van der Waals surface area contributed by atoms with Crippen LogP contribution in [0.3, 0.4) is 0 Å². The third kappa shape index (κ3) is 3.65. The summed E-state index contributed by atoms with van der Waals surface area (Å²) in [5.74, 6) is -0.268. The molecule has 0 saturated heterocycles. The fourth-order valence-electron chi connectivity index (χ4n) is 2.31. The summed E-state index contributed by atoms with van der Waals surface area (Å²) in [6, 6.07) is 9.09. The highest BCUT2D eigenvalue weighted by Gasteiger charge is 2.19. The van der Waals surface area contributed by atoms with E-state index in [-0.39, 0.29) is 11.9 Å². The second kappa shape index (κ2) is 6.91. The molecule has 0 aliphatic heterocycles. The first-order valence-corrected chi connectivity index (χ1v) is 8.06. The lowest BCUT2D eigenvalue weighted by Crippen LogP contribution is -2.23. The van der Waals surface area contributed by atoms with Gasteiger partial charge in [-0.3, -0.25) is 0 Å². The van der Waals surface area contributed by atoms with Gasteiger partial charge in [-0.2, -0.15) is 0 Å². The SMILES string of the molecule is CCNC(c1ccc(C)c(C)c1)c1cc(Cl)c(Br)cc1F. The molecule has 0 aliphatic rings. The second-order valence-corrected chi connectivity index (χ2v) is 6.38. The minimum Gasteiger partial charge on any atom is -0.306 e. The molecule has 112 valence electrons. The van der Waals surface area contributed by atoms with Crippen molar-refractivity contribution in [3.8, 4) is 0 Å². The minimum atomic E-state index is -0.268. The molecule has 0 aliphatic carbocycles. The Kier molecular flexibility index (Phi) is 5.42. The van der Waals surface area contributed by atoms with E-state index in [0.717, 1.165) is 12.1 Å². The van der Waals surface area contributed by atoms with Crippen LogP contribution in [0.5, 0.6) is 0 Å². The van der Waals surface area contributed by atoms with Crippen LogP contribution in [-0.2, 0) is 0 Å². The standard InChI is InChI=1S/C17H18BrClFN/c1-4-21-17(12-6-5-10(2)11(3)7-12)13-8-15(19)14(18)9-16(13)20/h5-9,17,21H,4H2,1-3H3. The van der Waals surface area contributed by atoms with Crippen LogP contribution in [0.4, 0.5) is 4.39 Å². The van der Waals surface area contributed by atoms with E-state index >= 15 is 0 Å². The molecule has 2 rings (SSSR count). The lowest BCUT2D eigenvalue weighted by atomic mass is 9.95. The molecule has 0 bridgehead atoms. The van der Waals surface area contributed by atoms with E-state index in [4.69, 9.17) is 11.6 Å². The fraction of sp³-hybridized carbons (Fsp3) is 0.294. The molecular weight excluding hydrogens is 353 g/mol. The molecule has 0 saturated carbocycles. The molecule has 1 nitrogen and oxygen atoms in total. The van der Waals surface area contributed by atoms with Crippen molar-refractivity contribution in [1.29, 1.82) is 0 Å². The Morgan fingerprint density at radius 1 is 1.19 bits per heavy atom. The zero-order valence-electron chi connectivity index (χ0n) is 12.3. The van der Waals surface area contributed by atoms with Crippen molar-refractivity contribution < 1.29 is 4.39 Å². The molecule has 1 N–H and O–H groups in total. The molecule has 1 unspecified atom stereocenters. The molecule has 0 fully saturated rings. The molecular formula is C17H18BrClFN. The molecule has 2 aromatic carbocycles. The topological polar surface area (TPSA) is 12.0 Å². The Morgan fingerprint density at radius 2 is 1.90 bits per heavy atom. The molecule has 0 radical (unpaired) electrons. The van der Waals surface area contributed by atoms with Gasteiger partial charge < -0.3 is 5.32 Å². The van der Waals surface area contributed by atoms with E-state index < -0.39 is 0 Å². The van der Waals surface area contributed by atoms with Gasteiger partial charge in [0.05, 0.1) is 11.1 Å². The highest BCUT2D eigenvalue weighted by Crippen LogP contribution is 2.32. The summed E-state index contributed by atoms with van der Waals surface area (Å²) in [6.07, 6.45) is 0. The molecule has 0 spiro atoms. The average molecular weight is 371 g/mol. The molecule has 4 heteroatoms. The van der Waals surface area contributed by atoms with Crippen molar-refractivity contribution in [2.24, 2.45) is 0 Å². The minimum absolute atomic E-state index is 0.208. The number of nitrogens with one attached hydrogen (secondary N) is 1. The Balaban J connectivity index is 2.52. The van der Waals surface area contributed by atoms with Crippen LogP contribution >= 0.6 is 27.5 Å². The Hall–Kier alpha value is -0.900. The van der Waals surface area contributed by atoms with E-state index in [2.05, 4.69) is 47.2 Å². The van der Waals surface area contributed by atoms with Crippen molar-refractivity contribution in [3.05, 3.63) is 67.9 Å². The number of hydrogen-bond acceptors (Lipinski definition) is 1. The van der Waals surface area contributed by atoms with Gasteiger partial charge in [0.25, 0.3) is 0 Å². The van der Waals surface area contributed by atoms with Gasteiger partial charge in [0, 0.05) is 10.0 Å². The van der Waals surface area contributed by atoms with E-state index in [1.54, 1.807) is 6.07 Å². The maximum atomic E-state index is 14.3. The summed E-state index contributed by atoms with van der Waals surface area (Å²) in [5, 5.41) is 3.85. The van der Waals surface area contributed by atoms with Gasteiger partial charge in [0.2, 0.25) is 0 Å². The Morgan fingerprint density at radius 3 is 2.52 bits per heavy atom. The average Bonchev–Trinajstić information content (AvgIpc) is 2.44. The Labute approximate surface area is 138 Å². The van der Waals surface area contributed by atoms with E-state index in [9.17, 15) is 4.39 Å². The maximum Gasteiger partial charge on any atom is 0.129 e. The highest BCUT2D eigenvalue weighted by molar-refractivity contribution is 9.10. The summed E-state index contributed by atoms with van der Waals surface area (Å²) in [4.78, 5) is 0. The Bertz CT molecular complexity index is 657. The van der Waals surface area contributed by atoms with E-state index in [1.165, 1.54) is 17.2 Å². The normalized spacial score (nSPS) is 12.5. The monoisotopic (exact) mass is 369 g/mol. The van der Waals surface area contributed by atoms with Crippen molar-refractivity contribution in [2.45, 2.75) is 26.8 Å². The zero-order chi connectivity index (χ0) is 15.6. The number of aryl methyl sites for hydroxylation is 2.